The molecule has 1 N–H and O–H groups in total. The van der Waals surface area contributed by atoms with Gasteiger partial charge in [-0.1, -0.05) is 42.5 Å². The lowest BCUT2D eigenvalue weighted by Crippen LogP contribution is -2.14. The number of thioether (sulfide) groups is 1. The highest BCUT2D eigenvalue weighted by Crippen LogP contribution is 2.55. The number of hydrogen-bond acceptors (Lipinski definition) is 3. The molecule has 0 aromatic heterocycles. The molecule has 0 radical (unpaired) electrons. The minimum Gasteiger partial charge on any atom is -0.444 e. The molecule has 2 aromatic carbocycles. The highest BCUT2D eigenvalue weighted by Gasteiger charge is 2.51. The molecule has 126 valence electrons. The Morgan fingerprint density at radius 1 is 1.17 bits per heavy atom. The fourth-order valence-electron chi connectivity index (χ4n) is 2.21. The van der Waals surface area contributed by atoms with Gasteiger partial charge >= 0.3 is 6.09 Å². The Kier molecular flexibility index (Phi) is 5.59. The van der Waals surface area contributed by atoms with Gasteiger partial charge in [0.1, 0.15) is 10.9 Å². The van der Waals surface area contributed by atoms with Crippen molar-refractivity contribution in [3.8, 4) is 0 Å². The lowest BCUT2D eigenvalue weighted by atomic mass is 10.2. The van der Waals surface area contributed by atoms with Crippen LogP contribution in [0.15, 0.2) is 59.5 Å². The molecule has 6 heteroatoms. The molecule has 0 bridgehead atoms. The molecule has 1 amide bonds. The van der Waals surface area contributed by atoms with Gasteiger partial charge in [0.15, 0.2) is 0 Å². The topological polar surface area (TPSA) is 38.3 Å². The second kappa shape index (κ2) is 7.68. The number of nitrogens with one attached hydrogen (secondary N) is 1. The Balaban J connectivity index is 1.53. The first-order valence-corrected chi connectivity index (χ1v) is 9.36. The zero-order chi connectivity index (χ0) is 17.0. The van der Waals surface area contributed by atoms with Crippen molar-refractivity contribution < 1.29 is 9.53 Å². The maximum atomic E-state index is 12.0. The van der Waals surface area contributed by atoms with E-state index in [0.29, 0.717) is 5.92 Å². The van der Waals surface area contributed by atoms with Crippen molar-refractivity contribution in [3.63, 3.8) is 0 Å². The summed E-state index contributed by atoms with van der Waals surface area (Å²) in [7, 11) is 0. The molecule has 0 heterocycles. The van der Waals surface area contributed by atoms with Crippen molar-refractivity contribution in [1.29, 1.82) is 0 Å². The SMILES string of the molecule is O=C(Nc1ccccc1SCC1CC1(Cl)Cl)OCc1ccccc1. The van der Waals surface area contributed by atoms with Gasteiger partial charge in [-0.2, -0.15) is 0 Å². The Morgan fingerprint density at radius 2 is 1.83 bits per heavy atom. The largest absolute Gasteiger partial charge is 0.444 e. The molecule has 1 aliphatic rings. The lowest BCUT2D eigenvalue weighted by molar-refractivity contribution is 0.155. The van der Waals surface area contributed by atoms with Gasteiger partial charge in [-0.25, -0.2) is 4.79 Å². The standard InChI is InChI=1S/C18H17Cl2NO2S/c19-18(20)10-14(18)12-24-16-9-5-4-8-15(16)21-17(22)23-11-13-6-2-1-3-7-13/h1-9,14H,10-12H2,(H,21,22). The number of rotatable bonds is 6. The average Bonchev–Trinajstić information content (AvgIpc) is 3.20. The number of anilines is 1. The van der Waals surface area contributed by atoms with Gasteiger partial charge in [-0.3, -0.25) is 5.32 Å². The van der Waals surface area contributed by atoms with E-state index in [1.807, 2.05) is 54.6 Å². The van der Waals surface area contributed by atoms with Crippen LogP contribution < -0.4 is 5.32 Å². The van der Waals surface area contributed by atoms with Crippen LogP contribution in [-0.2, 0) is 11.3 Å². The van der Waals surface area contributed by atoms with Crippen LogP contribution in [0, 0.1) is 5.92 Å². The second-order valence-electron chi connectivity index (χ2n) is 5.66. The molecular formula is C18H17Cl2NO2S. The molecule has 1 fully saturated rings. The van der Waals surface area contributed by atoms with Crippen molar-refractivity contribution in [2.24, 2.45) is 5.92 Å². The molecule has 0 saturated heterocycles. The maximum absolute atomic E-state index is 12.0. The summed E-state index contributed by atoms with van der Waals surface area (Å²) in [4.78, 5) is 13.0. The number of halogens is 2. The van der Waals surface area contributed by atoms with Crippen LogP contribution in [0.3, 0.4) is 0 Å². The third kappa shape index (κ3) is 4.82. The third-order valence-corrected chi connectivity index (χ3v) is 5.89. The second-order valence-corrected chi connectivity index (χ2v) is 8.26. The van der Waals surface area contributed by atoms with E-state index >= 15 is 0 Å². The normalized spacial score (nSPS) is 18.0. The summed E-state index contributed by atoms with van der Waals surface area (Å²) in [6.07, 6.45) is 0.347. The van der Waals surface area contributed by atoms with Gasteiger partial charge in [0.2, 0.25) is 0 Å². The van der Waals surface area contributed by atoms with Crippen molar-refractivity contribution in [2.45, 2.75) is 22.3 Å². The predicted molar refractivity (Wildman–Crippen MR) is 100.0 cm³/mol. The van der Waals surface area contributed by atoms with Crippen LogP contribution >= 0.6 is 35.0 Å². The van der Waals surface area contributed by atoms with Crippen LogP contribution in [0.4, 0.5) is 10.5 Å². The third-order valence-electron chi connectivity index (χ3n) is 3.73. The highest BCUT2D eigenvalue weighted by atomic mass is 35.5. The van der Waals surface area contributed by atoms with Gasteiger partial charge in [-0.15, -0.1) is 35.0 Å². The van der Waals surface area contributed by atoms with Gasteiger partial charge in [0.25, 0.3) is 0 Å². The average molecular weight is 382 g/mol. The molecule has 1 unspecified atom stereocenters. The highest BCUT2D eigenvalue weighted by molar-refractivity contribution is 7.99. The van der Waals surface area contributed by atoms with E-state index in [2.05, 4.69) is 5.32 Å². The first-order chi connectivity index (χ1) is 11.5. The Labute approximate surface area is 155 Å². The Bertz CT molecular complexity index is 709. The summed E-state index contributed by atoms with van der Waals surface area (Å²) >= 11 is 13.8. The fourth-order valence-corrected chi connectivity index (χ4v) is 4.15. The first-order valence-electron chi connectivity index (χ1n) is 7.62. The molecule has 2 aromatic rings. The van der Waals surface area contributed by atoms with Crippen molar-refractivity contribution in [3.05, 3.63) is 60.2 Å². The molecule has 24 heavy (non-hydrogen) atoms. The zero-order valence-corrected chi connectivity index (χ0v) is 15.2. The van der Waals surface area contributed by atoms with Crippen LogP contribution in [0.25, 0.3) is 0 Å². The van der Waals surface area contributed by atoms with Gasteiger partial charge in [0.05, 0.1) is 5.69 Å². The molecule has 1 aliphatic carbocycles. The lowest BCUT2D eigenvalue weighted by Gasteiger charge is -2.11. The number of hydrogen-bond donors (Lipinski definition) is 1. The summed E-state index contributed by atoms with van der Waals surface area (Å²) in [6, 6.07) is 17.2. The number of benzene rings is 2. The number of amides is 1. The summed E-state index contributed by atoms with van der Waals surface area (Å²) in [5.74, 6) is 1.12. The van der Waals surface area contributed by atoms with Crippen LogP contribution in [-0.4, -0.2) is 16.2 Å². The predicted octanol–water partition coefficient (Wildman–Crippen LogP) is 5.72. The summed E-state index contributed by atoms with van der Waals surface area (Å²) in [6.45, 7) is 0.241. The zero-order valence-electron chi connectivity index (χ0n) is 12.9. The molecule has 3 rings (SSSR count). The smallest absolute Gasteiger partial charge is 0.411 e. The molecule has 3 nitrogen and oxygen atoms in total. The Morgan fingerprint density at radius 3 is 2.54 bits per heavy atom. The van der Waals surface area contributed by atoms with E-state index in [9.17, 15) is 4.79 Å². The van der Waals surface area contributed by atoms with E-state index < -0.39 is 10.4 Å². The maximum Gasteiger partial charge on any atom is 0.411 e. The van der Waals surface area contributed by atoms with E-state index in [0.717, 1.165) is 28.3 Å². The van der Waals surface area contributed by atoms with Gasteiger partial charge in [-0.05, 0) is 24.1 Å². The van der Waals surface area contributed by atoms with E-state index in [-0.39, 0.29) is 6.61 Å². The van der Waals surface area contributed by atoms with Gasteiger partial charge in [0, 0.05) is 16.6 Å². The number of ether oxygens (including phenoxy) is 1. The van der Waals surface area contributed by atoms with Crippen LogP contribution in [0.1, 0.15) is 12.0 Å². The van der Waals surface area contributed by atoms with E-state index in [4.69, 9.17) is 27.9 Å². The summed E-state index contributed by atoms with van der Waals surface area (Å²) < 4.78 is 4.68. The van der Waals surface area contributed by atoms with Crippen molar-refractivity contribution in [1.82, 2.24) is 0 Å². The van der Waals surface area contributed by atoms with Crippen molar-refractivity contribution >= 4 is 46.7 Å². The molecule has 0 spiro atoms. The molecule has 1 atom stereocenters. The van der Waals surface area contributed by atoms with Gasteiger partial charge < -0.3 is 4.74 Å². The quantitative estimate of drug-likeness (QED) is 0.513. The number of alkyl halides is 2. The van der Waals surface area contributed by atoms with Crippen molar-refractivity contribution in [2.75, 3.05) is 11.1 Å². The van der Waals surface area contributed by atoms with E-state index in [1.165, 1.54) is 0 Å². The first kappa shape index (κ1) is 17.5. The van der Waals surface area contributed by atoms with Crippen LogP contribution in [0.2, 0.25) is 0 Å². The Hall–Kier alpha value is -1.36. The summed E-state index contributed by atoms with van der Waals surface area (Å²) in [5, 5.41) is 2.80. The molecule has 1 saturated carbocycles. The number of para-hydroxylation sites is 1. The van der Waals surface area contributed by atoms with E-state index in [1.54, 1.807) is 11.8 Å². The number of carbonyl (C=O) groups is 1. The van der Waals surface area contributed by atoms with Crippen LogP contribution in [0.5, 0.6) is 0 Å². The monoisotopic (exact) mass is 381 g/mol. The minimum atomic E-state index is -0.579. The molecular weight excluding hydrogens is 365 g/mol. The summed E-state index contributed by atoms with van der Waals surface area (Å²) in [5.41, 5.74) is 1.68. The number of carbonyl (C=O) groups excluding carboxylic acids is 1. The minimum absolute atomic E-state index is 0.241. The fraction of sp³-hybridized carbons (Fsp3) is 0.278. The molecule has 0 aliphatic heterocycles.